The van der Waals surface area contributed by atoms with Crippen molar-refractivity contribution in [1.82, 2.24) is 4.98 Å². The number of thiazole rings is 1. The van der Waals surface area contributed by atoms with Gasteiger partial charge in [0.25, 0.3) is 0 Å². The third-order valence-electron chi connectivity index (χ3n) is 2.28. The van der Waals surface area contributed by atoms with Crippen LogP contribution in [0.25, 0.3) is 21.0 Å². The van der Waals surface area contributed by atoms with E-state index < -0.39 is 0 Å². The number of thiocarbonyl (C=S) groups is 1. The van der Waals surface area contributed by atoms with Gasteiger partial charge in [-0.2, -0.15) is 4.99 Å². The normalized spacial score (nSPS) is 10.4. The Morgan fingerprint density at radius 2 is 2.29 bits per heavy atom. The Hall–Kier alpha value is -1.81. The topological polar surface area (TPSA) is 38.4 Å². The Morgan fingerprint density at radius 3 is 3.06 bits per heavy atom. The highest BCUT2D eigenvalue weighted by Gasteiger charge is 2.08. The molecule has 0 unspecified atom stereocenters. The van der Waals surface area contributed by atoms with Crippen LogP contribution < -0.4 is 0 Å². The molecule has 0 fully saturated rings. The van der Waals surface area contributed by atoms with Gasteiger partial charge in [-0.3, -0.25) is 0 Å². The standard InChI is InChI=1S/C12H6N2OS2/c16-7-13-8-3-4-11-9(6-8)14-12(17-11)10-2-1-5-15-10/h1-6H. The van der Waals surface area contributed by atoms with Gasteiger partial charge in [-0.05, 0) is 42.5 Å². The highest BCUT2D eigenvalue weighted by Crippen LogP contribution is 2.32. The number of aliphatic imine (C=N–C) groups is 1. The summed E-state index contributed by atoms with van der Waals surface area (Å²) in [7, 11) is 0. The maximum Gasteiger partial charge on any atom is 0.162 e. The zero-order chi connectivity index (χ0) is 11.7. The molecule has 0 aliphatic rings. The predicted octanol–water partition coefficient (Wildman–Crippen LogP) is 4.29. The first-order valence-corrected chi connectivity index (χ1v) is 6.11. The van der Waals surface area contributed by atoms with Gasteiger partial charge in [-0.1, -0.05) is 0 Å². The molecule has 1 aromatic carbocycles. The fourth-order valence-electron chi connectivity index (χ4n) is 1.54. The number of furan rings is 1. The molecule has 0 saturated carbocycles. The molecule has 0 N–H and O–H groups in total. The smallest absolute Gasteiger partial charge is 0.162 e. The van der Waals surface area contributed by atoms with E-state index >= 15 is 0 Å². The van der Waals surface area contributed by atoms with Gasteiger partial charge < -0.3 is 4.42 Å². The molecule has 0 saturated heterocycles. The van der Waals surface area contributed by atoms with Crippen molar-refractivity contribution in [3.63, 3.8) is 0 Å². The largest absolute Gasteiger partial charge is 0.462 e. The molecule has 3 nitrogen and oxygen atoms in total. The lowest BCUT2D eigenvalue weighted by Gasteiger charge is -1.89. The van der Waals surface area contributed by atoms with Crippen molar-refractivity contribution < 1.29 is 4.42 Å². The van der Waals surface area contributed by atoms with E-state index in [9.17, 15) is 0 Å². The maximum absolute atomic E-state index is 5.32. The molecule has 0 bridgehead atoms. The number of aromatic nitrogens is 1. The average Bonchev–Trinajstić information content (AvgIpc) is 2.97. The molecule has 3 rings (SSSR count). The fraction of sp³-hybridized carbons (Fsp3) is 0. The Morgan fingerprint density at radius 1 is 1.35 bits per heavy atom. The summed E-state index contributed by atoms with van der Waals surface area (Å²) in [6.45, 7) is 0. The van der Waals surface area contributed by atoms with E-state index in [1.54, 1.807) is 17.6 Å². The Bertz CT molecular complexity index is 709. The van der Waals surface area contributed by atoms with Crippen LogP contribution in [0.5, 0.6) is 0 Å². The summed E-state index contributed by atoms with van der Waals surface area (Å²) in [6, 6.07) is 9.51. The lowest BCUT2D eigenvalue weighted by atomic mass is 10.3. The van der Waals surface area contributed by atoms with Crippen LogP contribution >= 0.6 is 23.6 Å². The quantitative estimate of drug-likeness (QED) is 0.508. The lowest BCUT2D eigenvalue weighted by Crippen LogP contribution is -1.70. The van der Waals surface area contributed by atoms with Crippen LogP contribution in [0.1, 0.15) is 0 Å². The molecule has 0 aliphatic heterocycles. The number of nitrogens with zero attached hydrogens (tertiary/aromatic N) is 2. The molecule has 0 radical (unpaired) electrons. The van der Waals surface area contributed by atoms with E-state index in [-0.39, 0.29) is 0 Å². The summed E-state index contributed by atoms with van der Waals surface area (Å²) in [5.74, 6) is 0.783. The number of fused-ring (bicyclic) bond motifs is 1. The minimum Gasteiger partial charge on any atom is -0.462 e. The third-order valence-corrected chi connectivity index (χ3v) is 3.42. The SMILES string of the molecule is S=C=Nc1ccc2sc(-c3ccco3)nc2c1. The van der Waals surface area contributed by atoms with Gasteiger partial charge in [-0.25, -0.2) is 4.98 Å². The Balaban J connectivity index is 2.16. The van der Waals surface area contributed by atoms with Gasteiger partial charge in [0.15, 0.2) is 10.8 Å². The van der Waals surface area contributed by atoms with Crippen molar-refractivity contribution in [3.8, 4) is 10.8 Å². The Labute approximate surface area is 106 Å². The van der Waals surface area contributed by atoms with Crippen molar-refractivity contribution in [3.05, 3.63) is 36.6 Å². The minimum absolute atomic E-state index is 0.767. The van der Waals surface area contributed by atoms with Crippen LogP contribution in [0, 0.1) is 0 Å². The van der Waals surface area contributed by atoms with E-state index in [0.29, 0.717) is 0 Å². The van der Waals surface area contributed by atoms with Gasteiger partial charge in [0.2, 0.25) is 0 Å². The number of hydrogen-bond acceptors (Lipinski definition) is 5. The summed E-state index contributed by atoms with van der Waals surface area (Å²) in [6.07, 6.45) is 1.64. The van der Waals surface area contributed by atoms with Crippen LogP contribution in [-0.2, 0) is 0 Å². The second-order valence-electron chi connectivity index (χ2n) is 3.35. The molecule has 2 heterocycles. The highest BCUT2D eigenvalue weighted by molar-refractivity contribution is 7.78. The molecule has 0 aliphatic carbocycles. The van der Waals surface area contributed by atoms with Crippen LogP contribution in [0.15, 0.2) is 46.0 Å². The van der Waals surface area contributed by atoms with Crippen LogP contribution in [0.2, 0.25) is 0 Å². The van der Waals surface area contributed by atoms with E-state index in [2.05, 4.69) is 27.4 Å². The minimum atomic E-state index is 0.767. The molecule has 0 amide bonds. The van der Waals surface area contributed by atoms with Crippen LogP contribution in [0.3, 0.4) is 0 Å². The molecule has 5 heteroatoms. The zero-order valence-electron chi connectivity index (χ0n) is 8.58. The van der Waals surface area contributed by atoms with Gasteiger partial charge >= 0.3 is 0 Å². The number of isothiocyanates is 1. The van der Waals surface area contributed by atoms with Crippen molar-refractivity contribution in [1.29, 1.82) is 0 Å². The zero-order valence-corrected chi connectivity index (χ0v) is 10.2. The van der Waals surface area contributed by atoms with Gasteiger partial charge in [-0.15, -0.1) is 11.3 Å². The first-order valence-electron chi connectivity index (χ1n) is 4.89. The predicted molar refractivity (Wildman–Crippen MR) is 72.0 cm³/mol. The molecular weight excluding hydrogens is 252 g/mol. The second kappa shape index (κ2) is 4.22. The second-order valence-corrected chi connectivity index (χ2v) is 4.56. The van der Waals surface area contributed by atoms with Crippen molar-refractivity contribution in [2.24, 2.45) is 4.99 Å². The summed E-state index contributed by atoms with van der Waals surface area (Å²) < 4.78 is 6.42. The van der Waals surface area contributed by atoms with Crippen LogP contribution in [0.4, 0.5) is 5.69 Å². The molecule has 17 heavy (non-hydrogen) atoms. The number of hydrogen-bond donors (Lipinski definition) is 0. The summed E-state index contributed by atoms with van der Waals surface area (Å²) >= 11 is 6.17. The van der Waals surface area contributed by atoms with Crippen LogP contribution in [-0.4, -0.2) is 10.1 Å². The first kappa shape index (κ1) is 10.4. The van der Waals surface area contributed by atoms with Gasteiger partial charge in [0, 0.05) is 0 Å². The molecule has 82 valence electrons. The molecule has 0 spiro atoms. The molecule has 0 atom stereocenters. The van der Waals surface area contributed by atoms with E-state index in [1.807, 2.05) is 30.3 Å². The summed E-state index contributed by atoms with van der Waals surface area (Å²) in [4.78, 5) is 8.44. The lowest BCUT2D eigenvalue weighted by molar-refractivity contribution is 0.582. The highest BCUT2D eigenvalue weighted by atomic mass is 32.1. The van der Waals surface area contributed by atoms with E-state index in [4.69, 9.17) is 4.42 Å². The van der Waals surface area contributed by atoms with Crippen molar-refractivity contribution >= 4 is 44.6 Å². The molecule has 3 aromatic rings. The van der Waals surface area contributed by atoms with Gasteiger partial charge in [0.1, 0.15) is 0 Å². The van der Waals surface area contributed by atoms with E-state index in [0.717, 1.165) is 26.7 Å². The molecular formula is C12H6N2OS2. The third kappa shape index (κ3) is 1.91. The van der Waals surface area contributed by atoms with Crippen molar-refractivity contribution in [2.45, 2.75) is 0 Å². The van der Waals surface area contributed by atoms with E-state index in [1.165, 1.54) is 0 Å². The monoisotopic (exact) mass is 258 g/mol. The van der Waals surface area contributed by atoms with Gasteiger partial charge in [0.05, 0.1) is 27.3 Å². The maximum atomic E-state index is 5.32. The summed E-state index contributed by atoms with van der Waals surface area (Å²) in [5.41, 5.74) is 1.66. The first-order chi connectivity index (χ1) is 8.36. The average molecular weight is 258 g/mol. The number of benzene rings is 1. The summed E-state index contributed by atoms with van der Waals surface area (Å²) in [5, 5.41) is 3.22. The van der Waals surface area contributed by atoms with Crippen molar-refractivity contribution in [2.75, 3.05) is 0 Å². The fourth-order valence-corrected chi connectivity index (χ4v) is 2.56. The number of rotatable bonds is 2. The Kier molecular flexibility index (Phi) is 2.57. The molecule has 2 aromatic heterocycles.